The molecule has 0 fully saturated rings. The van der Waals surface area contributed by atoms with E-state index in [1.165, 1.54) is 50.1 Å². The lowest BCUT2D eigenvalue weighted by Crippen LogP contribution is -2.35. The fraction of sp³-hybridized carbons (Fsp3) is 0.151. The Hall–Kier alpha value is -6.81. The average molecular weight is 724 g/mol. The van der Waals surface area contributed by atoms with Crippen molar-refractivity contribution in [3.63, 3.8) is 0 Å². The Morgan fingerprint density at radius 1 is 0.911 bits per heavy atom. The van der Waals surface area contributed by atoms with Crippen LogP contribution in [0, 0.1) is 23.7 Å². The van der Waals surface area contributed by atoms with E-state index in [-0.39, 0.29) is 11.5 Å². The van der Waals surface area contributed by atoms with Crippen LogP contribution in [-0.2, 0) is 11.8 Å². The van der Waals surface area contributed by atoms with Crippen molar-refractivity contribution in [2.24, 2.45) is 0 Å². The van der Waals surface area contributed by atoms with Crippen LogP contribution in [-0.4, -0.2) is 17.2 Å². The van der Waals surface area contributed by atoms with Gasteiger partial charge in [-0.1, -0.05) is 147 Å². The van der Waals surface area contributed by atoms with Crippen molar-refractivity contribution in [2.75, 3.05) is 11.4 Å². The normalized spacial score (nSPS) is 17.4. The van der Waals surface area contributed by atoms with Gasteiger partial charge < -0.3 is 9.47 Å². The van der Waals surface area contributed by atoms with Crippen molar-refractivity contribution in [1.82, 2.24) is 4.57 Å². The number of allylic oxidation sites excluding steroid dienone is 12. The molecule has 0 radical (unpaired) electrons. The monoisotopic (exact) mass is 723 g/mol. The van der Waals surface area contributed by atoms with Crippen molar-refractivity contribution >= 4 is 33.8 Å². The summed E-state index contributed by atoms with van der Waals surface area (Å²) >= 11 is 0. The van der Waals surface area contributed by atoms with Crippen LogP contribution in [0.25, 0.3) is 33.8 Å². The van der Waals surface area contributed by atoms with Gasteiger partial charge in [-0.15, -0.1) is 6.42 Å². The first-order valence-electron chi connectivity index (χ1n) is 19.4. The number of anilines is 1. The van der Waals surface area contributed by atoms with Crippen LogP contribution < -0.4 is 4.90 Å². The first-order chi connectivity index (χ1) is 27.4. The fourth-order valence-electron chi connectivity index (χ4n) is 8.60. The molecule has 3 aliphatic rings. The van der Waals surface area contributed by atoms with E-state index >= 15 is 0 Å². The molecule has 5 aromatic rings. The van der Waals surface area contributed by atoms with Gasteiger partial charge in [0.05, 0.1) is 23.3 Å². The lowest BCUT2D eigenvalue weighted by molar-refractivity contribution is 0.652. The van der Waals surface area contributed by atoms with Crippen molar-refractivity contribution in [3.05, 3.63) is 209 Å². The third kappa shape index (κ3) is 6.63. The minimum atomic E-state index is -0.226. The standard InChI is InChI=1S/C53H45N3/c1-5-16-49-45(6-2)46-32-30-44(37-50(46)53(49,3)4)55(36-15-19-39(34-35-54)38-17-9-7-10-18-38)42-28-24-40(25-29-42)41-26-31-48-47-22-13-14-23-51(47)56(52(48)33-27-41)43-20-11-8-12-21-43/h2,5,7-28,30,32-34,37,42H,29,31,36H2,1,3-4H3/b16-5-,19-15-,39-34+. The molecule has 1 aromatic heterocycles. The molecule has 3 heteroatoms. The second-order valence-corrected chi connectivity index (χ2v) is 15.0. The Bertz CT molecular complexity index is 2650. The Labute approximate surface area is 331 Å². The molecule has 0 saturated carbocycles. The van der Waals surface area contributed by atoms with Gasteiger partial charge in [0.15, 0.2) is 0 Å². The largest absolute Gasteiger partial charge is 0.361 e. The second kappa shape index (κ2) is 15.5. The van der Waals surface area contributed by atoms with E-state index in [9.17, 15) is 5.26 Å². The topological polar surface area (TPSA) is 32.0 Å². The maximum absolute atomic E-state index is 9.61. The number of terminal acetylenes is 1. The molecule has 0 aliphatic heterocycles. The van der Waals surface area contributed by atoms with E-state index in [1.54, 1.807) is 6.08 Å². The number of hydrogen-bond donors (Lipinski definition) is 0. The number of para-hydroxylation sites is 2. The van der Waals surface area contributed by atoms with Crippen molar-refractivity contribution in [3.8, 4) is 24.1 Å². The molecule has 1 heterocycles. The third-order valence-electron chi connectivity index (χ3n) is 11.4. The van der Waals surface area contributed by atoms with Crippen LogP contribution in [0.2, 0.25) is 0 Å². The minimum Gasteiger partial charge on any atom is -0.361 e. The van der Waals surface area contributed by atoms with Crippen molar-refractivity contribution < 1.29 is 0 Å². The minimum absolute atomic E-state index is 0.125. The first-order valence-corrected chi connectivity index (χ1v) is 19.4. The highest BCUT2D eigenvalue weighted by Crippen LogP contribution is 2.48. The van der Waals surface area contributed by atoms with E-state index in [0.717, 1.165) is 40.8 Å². The van der Waals surface area contributed by atoms with Crippen LogP contribution in [0.15, 0.2) is 181 Å². The summed E-state index contributed by atoms with van der Waals surface area (Å²) in [4.78, 5) is 2.47. The third-order valence-corrected chi connectivity index (χ3v) is 11.4. The molecule has 3 aliphatic carbocycles. The zero-order valence-electron chi connectivity index (χ0n) is 32.3. The van der Waals surface area contributed by atoms with Gasteiger partial charge >= 0.3 is 0 Å². The number of nitrogens with zero attached hydrogens (tertiary/aromatic N) is 3. The maximum Gasteiger partial charge on any atom is 0.0918 e. The van der Waals surface area contributed by atoms with Gasteiger partial charge in [-0.05, 0) is 101 Å². The molecule has 3 nitrogen and oxygen atoms in total. The quantitative estimate of drug-likeness (QED) is 0.0861. The molecule has 56 heavy (non-hydrogen) atoms. The van der Waals surface area contributed by atoms with Crippen LogP contribution in [0.5, 0.6) is 0 Å². The summed E-state index contributed by atoms with van der Waals surface area (Å²) in [6, 6.07) is 38.6. The second-order valence-electron chi connectivity index (χ2n) is 15.0. The number of hydrogen-bond acceptors (Lipinski definition) is 2. The summed E-state index contributed by atoms with van der Waals surface area (Å²) in [6.07, 6.45) is 32.0. The Kier molecular flexibility index (Phi) is 10.0. The highest BCUT2D eigenvalue weighted by Gasteiger charge is 2.36. The van der Waals surface area contributed by atoms with E-state index in [1.807, 2.05) is 37.3 Å². The number of aromatic nitrogens is 1. The lowest BCUT2D eigenvalue weighted by atomic mass is 9.80. The van der Waals surface area contributed by atoms with Gasteiger partial charge in [-0.2, -0.15) is 5.26 Å². The van der Waals surface area contributed by atoms with Crippen LogP contribution in [0.4, 0.5) is 5.69 Å². The molecule has 0 bridgehead atoms. The van der Waals surface area contributed by atoms with Crippen LogP contribution in [0.1, 0.15) is 55.1 Å². The molecular weight excluding hydrogens is 679 g/mol. The van der Waals surface area contributed by atoms with Crippen LogP contribution in [0.3, 0.4) is 0 Å². The molecule has 0 spiro atoms. The van der Waals surface area contributed by atoms with Crippen molar-refractivity contribution in [2.45, 2.75) is 45.1 Å². The molecular formula is C53H45N3. The first kappa shape index (κ1) is 36.2. The van der Waals surface area contributed by atoms with E-state index in [0.29, 0.717) is 6.54 Å². The molecule has 272 valence electrons. The molecule has 0 amide bonds. The number of benzene rings is 4. The molecule has 1 unspecified atom stereocenters. The van der Waals surface area contributed by atoms with Gasteiger partial charge in [-0.3, -0.25) is 0 Å². The predicted molar refractivity (Wildman–Crippen MR) is 236 cm³/mol. The highest BCUT2D eigenvalue weighted by molar-refractivity contribution is 5.92. The zero-order valence-corrected chi connectivity index (χ0v) is 32.3. The molecule has 8 rings (SSSR count). The van der Waals surface area contributed by atoms with E-state index in [2.05, 4.69) is 169 Å². The average Bonchev–Trinajstić information content (AvgIpc) is 3.54. The zero-order chi connectivity index (χ0) is 38.6. The molecule has 4 aromatic carbocycles. The lowest BCUT2D eigenvalue weighted by Gasteiger charge is -2.33. The summed E-state index contributed by atoms with van der Waals surface area (Å²) in [6.45, 7) is 7.25. The Morgan fingerprint density at radius 2 is 1.66 bits per heavy atom. The van der Waals surface area contributed by atoms with Crippen LogP contribution >= 0.6 is 0 Å². The van der Waals surface area contributed by atoms with Gasteiger partial charge in [0, 0.05) is 40.4 Å². The highest BCUT2D eigenvalue weighted by atomic mass is 15.2. The summed E-state index contributed by atoms with van der Waals surface area (Å²) in [5.41, 5.74) is 14.8. The van der Waals surface area contributed by atoms with E-state index in [4.69, 9.17) is 6.42 Å². The van der Waals surface area contributed by atoms with Gasteiger partial charge in [0.2, 0.25) is 0 Å². The molecule has 0 N–H and O–H groups in total. The molecule has 1 atom stereocenters. The van der Waals surface area contributed by atoms with Gasteiger partial charge in [0.25, 0.3) is 0 Å². The van der Waals surface area contributed by atoms with E-state index < -0.39 is 0 Å². The summed E-state index contributed by atoms with van der Waals surface area (Å²) in [5.74, 6) is 3.00. The number of fused-ring (bicyclic) bond motifs is 4. The number of rotatable bonds is 9. The maximum atomic E-state index is 9.61. The summed E-state index contributed by atoms with van der Waals surface area (Å²) < 4.78 is 2.39. The van der Waals surface area contributed by atoms with Gasteiger partial charge in [-0.25, -0.2) is 0 Å². The summed E-state index contributed by atoms with van der Waals surface area (Å²) in [7, 11) is 0. The predicted octanol–water partition coefficient (Wildman–Crippen LogP) is 12.3. The fourth-order valence-corrected chi connectivity index (χ4v) is 8.60. The SMILES string of the molecule is C#CC1=C(/C=C\C)C(C)(C)c2cc(N(C/C=C\C(=C/C#N)c3ccccc3)C3C=CC(C4=CCc5c(n(-c6ccccc6)c6ccccc56)C=C4)=CC3)ccc21. The Morgan fingerprint density at radius 3 is 2.39 bits per heavy atom. The molecule has 0 saturated heterocycles. The number of nitriles is 1. The summed E-state index contributed by atoms with van der Waals surface area (Å²) in [5, 5.41) is 10.9. The van der Waals surface area contributed by atoms with Crippen molar-refractivity contribution in [1.29, 1.82) is 5.26 Å². The smallest absolute Gasteiger partial charge is 0.0918 e. The van der Waals surface area contributed by atoms with Gasteiger partial charge in [0.1, 0.15) is 0 Å². The Balaban J connectivity index is 1.11.